The summed E-state index contributed by atoms with van der Waals surface area (Å²) in [5.74, 6) is -1.56. The summed E-state index contributed by atoms with van der Waals surface area (Å²) in [7, 11) is 0. The number of hydrogen-bond donors (Lipinski definition) is 1. The lowest BCUT2D eigenvalue weighted by atomic mass is 10.1. The van der Waals surface area contributed by atoms with Crippen LogP contribution in [0.15, 0.2) is 24.3 Å². The van der Waals surface area contributed by atoms with Gasteiger partial charge in [-0.1, -0.05) is 12.1 Å². The molecule has 0 spiro atoms. The van der Waals surface area contributed by atoms with Crippen LogP contribution in [0, 0.1) is 13.8 Å². The molecule has 2 aromatic rings. The van der Waals surface area contributed by atoms with Gasteiger partial charge in [0.2, 0.25) is 0 Å². The first kappa shape index (κ1) is 17.6. The highest BCUT2D eigenvalue weighted by Gasteiger charge is 2.35. The molecule has 0 radical (unpaired) electrons. The molecule has 2 amide bonds. The van der Waals surface area contributed by atoms with Gasteiger partial charge in [0.1, 0.15) is 12.3 Å². The Morgan fingerprint density at radius 3 is 2.15 bits per heavy atom. The average molecular weight is 354 g/mol. The Balaban J connectivity index is 1.65. The van der Waals surface area contributed by atoms with Crippen molar-refractivity contribution in [2.45, 2.75) is 20.8 Å². The Kier molecular flexibility index (Phi) is 4.46. The fourth-order valence-corrected chi connectivity index (χ4v) is 3.23. The number of esters is 1. The van der Waals surface area contributed by atoms with Crippen LogP contribution in [0.4, 0.5) is 0 Å². The average Bonchev–Trinajstić information content (AvgIpc) is 3.03. The minimum Gasteiger partial charge on any atom is -0.459 e. The Hall–Kier alpha value is -3.22. The van der Waals surface area contributed by atoms with Crippen molar-refractivity contribution in [2.24, 2.45) is 0 Å². The zero-order valence-corrected chi connectivity index (χ0v) is 14.7. The molecule has 0 atom stereocenters. The summed E-state index contributed by atoms with van der Waals surface area (Å²) in [4.78, 5) is 52.3. The zero-order valence-electron chi connectivity index (χ0n) is 14.7. The maximum atomic E-state index is 12.3. The number of nitrogens with zero attached hydrogens (tertiary/aromatic N) is 1. The fourth-order valence-electron chi connectivity index (χ4n) is 3.23. The van der Waals surface area contributed by atoms with E-state index in [4.69, 9.17) is 4.74 Å². The van der Waals surface area contributed by atoms with Gasteiger partial charge in [-0.3, -0.25) is 19.3 Å². The minimum atomic E-state index is -0.630. The smallest absolute Gasteiger partial charge is 0.355 e. The van der Waals surface area contributed by atoms with Crippen molar-refractivity contribution in [3.8, 4) is 0 Å². The van der Waals surface area contributed by atoms with E-state index in [1.54, 1.807) is 38.1 Å². The van der Waals surface area contributed by atoms with E-state index in [0.29, 0.717) is 27.9 Å². The normalized spacial score (nSPS) is 13.1. The highest BCUT2D eigenvalue weighted by Crippen LogP contribution is 2.22. The van der Waals surface area contributed by atoms with Gasteiger partial charge in [-0.05, 0) is 38.5 Å². The molecule has 3 rings (SSSR count). The molecule has 134 valence electrons. The molecule has 1 N–H and O–H groups in total. The zero-order chi connectivity index (χ0) is 19.0. The van der Waals surface area contributed by atoms with Crippen LogP contribution in [-0.4, -0.2) is 46.6 Å². The maximum absolute atomic E-state index is 12.3. The predicted octanol–water partition coefficient (Wildman–Crippen LogP) is 2.29. The Labute approximate surface area is 149 Å². The number of aromatic amines is 1. The van der Waals surface area contributed by atoms with E-state index < -0.39 is 17.8 Å². The molecule has 0 saturated carbocycles. The van der Waals surface area contributed by atoms with Gasteiger partial charge in [0, 0.05) is 11.3 Å². The molecule has 0 bridgehead atoms. The summed E-state index contributed by atoms with van der Waals surface area (Å²) >= 11 is 0. The van der Waals surface area contributed by atoms with Crippen molar-refractivity contribution in [2.75, 3.05) is 13.2 Å². The number of hydrogen-bond acceptors (Lipinski definition) is 5. The first-order valence-corrected chi connectivity index (χ1v) is 8.15. The Morgan fingerprint density at radius 2 is 1.65 bits per heavy atom. The molecule has 1 aromatic heterocycles. The first-order chi connectivity index (χ1) is 12.3. The molecule has 7 heteroatoms. The molecule has 0 unspecified atom stereocenters. The predicted molar refractivity (Wildman–Crippen MR) is 92.4 cm³/mol. The monoisotopic (exact) mass is 354 g/mol. The summed E-state index contributed by atoms with van der Waals surface area (Å²) in [6.07, 6.45) is 0. The topological polar surface area (TPSA) is 96.5 Å². The standard InChI is InChI=1S/C19H18N2O5/c1-10-15(12(3)22)11(2)20-16(10)19(25)26-9-8-21-17(23)13-6-4-5-7-14(13)18(21)24/h4-7,20H,8-9H2,1-3H3. The van der Waals surface area contributed by atoms with E-state index in [9.17, 15) is 19.2 Å². The molecule has 0 fully saturated rings. The fraction of sp³-hybridized carbons (Fsp3) is 0.263. The molecule has 7 nitrogen and oxygen atoms in total. The van der Waals surface area contributed by atoms with Crippen molar-refractivity contribution in [3.63, 3.8) is 0 Å². The number of H-pyrrole nitrogens is 1. The summed E-state index contributed by atoms with van der Waals surface area (Å²) in [6.45, 7) is 4.65. The summed E-state index contributed by atoms with van der Waals surface area (Å²) < 4.78 is 5.19. The van der Waals surface area contributed by atoms with Crippen molar-refractivity contribution in [3.05, 3.63) is 57.9 Å². The number of imide groups is 1. The minimum absolute atomic E-state index is 0.0314. The number of nitrogens with one attached hydrogen (secondary N) is 1. The lowest BCUT2D eigenvalue weighted by Crippen LogP contribution is -2.33. The number of benzene rings is 1. The number of carbonyl (C=O) groups is 4. The molecule has 1 aliphatic rings. The second-order valence-corrected chi connectivity index (χ2v) is 6.12. The van der Waals surface area contributed by atoms with Gasteiger partial charge in [0.25, 0.3) is 11.8 Å². The lowest BCUT2D eigenvalue weighted by molar-refractivity contribution is 0.0415. The van der Waals surface area contributed by atoms with E-state index in [1.807, 2.05) is 0 Å². The third-order valence-electron chi connectivity index (χ3n) is 4.42. The maximum Gasteiger partial charge on any atom is 0.355 e. The van der Waals surface area contributed by atoms with Crippen LogP contribution in [0.1, 0.15) is 59.7 Å². The number of aryl methyl sites for hydroxylation is 1. The number of rotatable bonds is 5. The van der Waals surface area contributed by atoms with E-state index in [0.717, 1.165) is 4.90 Å². The van der Waals surface area contributed by atoms with Gasteiger partial charge in [-0.2, -0.15) is 0 Å². The van der Waals surface area contributed by atoms with Gasteiger partial charge >= 0.3 is 5.97 Å². The summed E-state index contributed by atoms with van der Waals surface area (Å²) in [5, 5.41) is 0. The lowest BCUT2D eigenvalue weighted by Gasteiger charge is -2.13. The summed E-state index contributed by atoms with van der Waals surface area (Å²) in [6, 6.07) is 6.57. The van der Waals surface area contributed by atoms with Crippen molar-refractivity contribution < 1.29 is 23.9 Å². The second kappa shape index (κ2) is 6.59. The van der Waals surface area contributed by atoms with Crippen LogP contribution in [-0.2, 0) is 4.74 Å². The molecule has 1 aliphatic heterocycles. The summed E-state index contributed by atoms with van der Waals surface area (Å²) in [5.41, 5.74) is 2.51. The van der Waals surface area contributed by atoms with Crippen molar-refractivity contribution in [1.82, 2.24) is 9.88 Å². The number of fused-ring (bicyclic) bond motifs is 1. The molecule has 2 heterocycles. The van der Waals surface area contributed by atoms with Crippen LogP contribution in [0.2, 0.25) is 0 Å². The van der Waals surface area contributed by atoms with Gasteiger partial charge < -0.3 is 9.72 Å². The Morgan fingerprint density at radius 1 is 1.08 bits per heavy atom. The number of amides is 2. The van der Waals surface area contributed by atoms with E-state index in [-0.39, 0.29) is 24.6 Å². The van der Waals surface area contributed by atoms with E-state index in [1.165, 1.54) is 6.92 Å². The molecule has 0 saturated heterocycles. The number of ether oxygens (including phenoxy) is 1. The largest absolute Gasteiger partial charge is 0.459 e. The SMILES string of the molecule is CC(=O)c1c(C)[nH]c(C(=O)OCCN2C(=O)c3ccccc3C2=O)c1C. The van der Waals surface area contributed by atoms with Crippen molar-refractivity contribution in [1.29, 1.82) is 0 Å². The van der Waals surface area contributed by atoms with Crippen molar-refractivity contribution >= 4 is 23.6 Å². The Bertz CT molecular complexity index is 906. The molecule has 0 aliphatic carbocycles. The van der Waals surface area contributed by atoms with Gasteiger partial charge in [0.15, 0.2) is 5.78 Å². The molecule has 1 aromatic carbocycles. The highest BCUT2D eigenvalue weighted by atomic mass is 16.5. The van der Waals surface area contributed by atoms with Crippen LogP contribution in [0.5, 0.6) is 0 Å². The molecule has 26 heavy (non-hydrogen) atoms. The third-order valence-corrected chi connectivity index (χ3v) is 4.42. The van der Waals surface area contributed by atoms with E-state index >= 15 is 0 Å². The first-order valence-electron chi connectivity index (χ1n) is 8.15. The van der Waals surface area contributed by atoms with Crippen LogP contribution < -0.4 is 0 Å². The van der Waals surface area contributed by atoms with Crippen LogP contribution >= 0.6 is 0 Å². The number of carbonyl (C=O) groups excluding carboxylic acids is 4. The number of ketones is 1. The van der Waals surface area contributed by atoms with Gasteiger partial charge in [-0.15, -0.1) is 0 Å². The highest BCUT2D eigenvalue weighted by molar-refractivity contribution is 6.21. The second-order valence-electron chi connectivity index (χ2n) is 6.12. The van der Waals surface area contributed by atoms with Crippen LogP contribution in [0.25, 0.3) is 0 Å². The number of aromatic nitrogens is 1. The molecular weight excluding hydrogens is 336 g/mol. The quantitative estimate of drug-likeness (QED) is 0.505. The number of Topliss-reactive ketones (excluding diaryl/α,β-unsaturated/α-hetero) is 1. The molecular formula is C19H18N2O5. The third kappa shape index (κ3) is 2.81. The van der Waals surface area contributed by atoms with E-state index in [2.05, 4.69) is 4.98 Å². The van der Waals surface area contributed by atoms with Gasteiger partial charge in [-0.25, -0.2) is 4.79 Å². The van der Waals surface area contributed by atoms with Crippen LogP contribution in [0.3, 0.4) is 0 Å². The van der Waals surface area contributed by atoms with Gasteiger partial charge in [0.05, 0.1) is 17.7 Å².